The van der Waals surface area contributed by atoms with Crippen LogP contribution in [0.25, 0.3) is 5.69 Å². The zero-order valence-corrected chi connectivity index (χ0v) is 14.9. The lowest BCUT2D eigenvalue weighted by Crippen LogP contribution is -2.34. The molecule has 2 aromatic rings. The zero-order valence-electron chi connectivity index (χ0n) is 13.4. The van der Waals surface area contributed by atoms with Gasteiger partial charge in [0.2, 0.25) is 5.88 Å². The molecular weight excluding hydrogens is 333 g/mol. The monoisotopic (exact) mass is 353 g/mol. The van der Waals surface area contributed by atoms with Gasteiger partial charge in [0.05, 0.1) is 15.7 Å². The SMILES string of the molecule is Cc1cc(OCC(C)N2CCCC2)nn1-c1ccc(Cl)c(Cl)c1. The van der Waals surface area contributed by atoms with Crippen molar-refractivity contribution in [2.45, 2.75) is 32.7 Å². The van der Waals surface area contributed by atoms with Gasteiger partial charge >= 0.3 is 0 Å². The second-order valence-electron chi connectivity index (χ2n) is 6.04. The van der Waals surface area contributed by atoms with E-state index in [1.54, 1.807) is 12.1 Å². The Hall–Kier alpha value is -1.23. The zero-order chi connectivity index (χ0) is 16.4. The van der Waals surface area contributed by atoms with Gasteiger partial charge in [-0.05, 0) is 58.0 Å². The maximum absolute atomic E-state index is 6.09. The number of aryl methyl sites for hydroxylation is 1. The number of benzene rings is 1. The van der Waals surface area contributed by atoms with Gasteiger partial charge < -0.3 is 4.74 Å². The van der Waals surface area contributed by atoms with Crippen LogP contribution in [0.5, 0.6) is 5.88 Å². The first-order valence-corrected chi connectivity index (χ1v) is 8.69. The van der Waals surface area contributed by atoms with Crippen LogP contribution >= 0.6 is 23.2 Å². The molecule has 1 aromatic heterocycles. The van der Waals surface area contributed by atoms with E-state index in [1.165, 1.54) is 25.9 Å². The lowest BCUT2D eigenvalue weighted by molar-refractivity contribution is 0.168. The van der Waals surface area contributed by atoms with E-state index in [2.05, 4.69) is 16.9 Å². The molecule has 0 amide bonds. The highest BCUT2D eigenvalue weighted by Crippen LogP contribution is 2.26. The number of hydrogen-bond donors (Lipinski definition) is 0. The topological polar surface area (TPSA) is 30.3 Å². The summed E-state index contributed by atoms with van der Waals surface area (Å²) < 4.78 is 7.70. The van der Waals surface area contributed by atoms with Crippen molar-refractivity contribution in [2.75, 3.05) is 19.7 Å². The van der Waals surface area contributed by atoms with Crippen molar-refractivity contribution in [2.24, 2.45) is 0 Å². The Morgan fingerprint density at radius 3 is 2.61 bits per heavy atom. The quantitative estimate of drug-likeness (QED) is 0.800. The van der Waals surface area contributed by atoms with Crippen LogP contribution in [0.3, 0.4) is 0 Å². The highest BCUT2D eigenvalue weighted by Gasteiger charge is 2.19. The number of rotatable bonds is 5. The van der Waals surface area contributed by atoms with E-state index < -0.39 is 0 Å². The minimum absolute atomic E-state index is 0.410. The summed E-state index contributed by atoms with van der Waals surface area (Å²) in [5, 5.41) is 5.58. The van der Waals surface area contributed by atoms with Crippen LogP contribution < -0.4 is 4.74 Å². The molecule has 1 atom stereocenters. The summed E-state index contributed by atoms with van der Waals surface area (Å²) in [6.45, 7) is 7.18. The average Bonchev–Trinajstić information content (AvgIpc) is 3.17. The molecule has 6 heteroatoms. The summed E-state index contributed by atoms with van der Waals surface area (Å²) in [5.41, 5.74) is 1.87. The predicted octanol–water partition coefficient (Wildman–Crippen LogP) is 4.35. The number of ether oxygens (including phenoxy) is 1. The first-order valence-electron chi connectivity index (χ1n) is 7.93. The molecule has 0 spiro atoms. The fraction of sp³-hybridized carbons (Fsp3) is 0.471. The predicted molar refractivity (Wildman–Crippen MR) is 94.1 cm³/mol. The number of halogens is 2. The normalized spacial score (nSPS) is 16.7. The van der Waals surface area contributed by atoms with Gasteiger partial charge in [-0.25, -0.2) is 4.68 Å². The van der Waals surface area contributed by atoms with Crippen LogP contribution in [-0.4, -0.2) is 40.4 Å². The molecule has 1 aliphatic rings. The summed E-state index contributed by atoms with van der Waals surface area (Å²) in [6, 6.07) is 7.83. The fourth-order valence-corrected chi connectivity index (χ4v) is 3.18. The lowest BCUT2D eigenvalue weighted by Gasteiger charge is -2.22. The largest absolute Gasteiger partial charge is 0.475 e. The molecule has 1 aromatic carbocycles. The summed E-state index contributed by atoms with van der Waals surface area (Å²) in [7, 11) is 0. The maximum Gasteiger partial charge on any atom is 0.233 e. The second kappa shape index (κ2) is 7.12. The second-order valence-corrected chi connectivity index (χ2v) is 6.85. The highest BCUT2D eigenvalue weighted by atomic mass is 35.5. The smallest absolute Gasteiger partial charge is 0.233 e. The molecule has 4 nitrogen and oxygen atoms in total. The van der Waals surface area contributed by atoms with E-state index in [-0.39, 0.29) is 0 Å². The van der Waals surface area contributed by atoms with Crippen molar-refractivity contribution in [3.05, 3.63) is 40.0 Å². The number of aromatic nitrogens is 2. The van der Waals surface area contributed by atoms with Gasteiger partial charge in [-0.1, -0.05) is 23.2 Å². The molecular formula is C17H21Cl2N3O. The van der Waals surface area contributed by atoms with Crippen molar-refractivity contribution < 1.29 is 4.74 Å². The lowest BCUT2D eigenvalue weighted by atomic mass is 10.3. The standard InChI is InChI=1S/C17H21Cl2N3O/c1-12-9-17(23-11-13(2)21-7-3-4-8-21)20-22(12)14-5-6-15(18)16(19)10-14/h5-6,9-10,13H,3-4,7-8,11H2,1-2H3. The van der Waals surface area contributed by atoms with Crippen molar-refractivity contribution in [3.8, 4) is 11.6 Å². The van der Waals surface area contributed by atoms with Crippen molar-refractivity contribution >= 4 is 23.2 Å². The Morgan fingerprint density at radius 1 is 1.17 bits per heavy atom. The van der Waals surface area contributed by atoms with E-state index in [1.807, 2.05) is 23.7 Å². The van der Waals surface area contributed by atoms with E-state index in [0.29, 0.717) is 28.6 Å². The molecule has 0 saturated carbocycles. The molecule has 0 radical (unpaired) electrons. The molecule has 1 saturated heterocycles. The Kier molecular flexibility index (Phi) is 5.14. The third-order valence-electron chi connectivity index (χ3n) is 4.25. The molecule has 0 aliphatic carbocycles. The van der Waals surface area contributed by atoms with Crippen LogP contribution in [0.2, 0.25) is 10.0 Å². The minimum Gasteiger partial charge on any atom is -0.475 e. The number of likely N-dealkylation sites (tertiary alicyclic amines) is 1. The molecule has 2 heterocycles. The van der Waals surface area contributed by atoms with Gasteiger partial charge in [0.25, 0.3) is 0 Å². The number of hydrogen-bond acceptors (Lipinski definition) is 3. The minimum atomic E-state index is 0.410. The Morgan fingerprint density at radius 2 is 1.91 bits per heavy atom. The van der Waals surface area contributed by atoms with Gasteiger partial charge in [-0.15, -0.1) is 5.10 Å². The van der Waals surface area contributed by atoms with Crippen LogP contribution in [-0.2, 0) is 0 Å². The summed E-state index contributed by atoms with van der Waals surface area (Å²) >= 11 is 12.1. The van der Waals surface area contributed by atoms with Crippen LogP contribution in [0.4, 0.5) is 0 Å². The first kappa shape index (κ1) is 16.6. The van der Waals surface area contributed by atoms with Gasteiger partial charge in [0, 0.05) is 17.8 Å². The van der Waals surface area contributed by atoms with E-state index in [0.717, 1.165) is 11.4 Å². The van der Waals surface area contributed by atoms with Gasteiger partial charge in [-0.3, -0.25) is 4.90 Å². The Balaban J connectivity index is 1.69. The van der Waals surface area contributed by atoms with Crippen molar-refractivity contribution in [3.63, 3.8) is 0 Å². The van der Waals surface area contributed by atoms with E-state index >= 15 is 0 Å². The molecule has 1 unspecified atom stereocenters. The molecule has 0 bridgehead atoms. The van der Waals surface area contributed by atoms with Crippen LogP contribution in [0.15, 0.2) is 24.3 Å². The van der Waals surface area contributed by atoms with Crippen LogP contribution in [0.1, 0.15) is 25.5 Å². The summed E-state index contributed by atoms with van der Waals surface area (Å²) in [5.74, 6) is 0.639. The van der Waals surface area contributed by atoms with Gasteiger partial charge in [-0.2, -0.15) is 0 Å². The Bertz CT molecular complexity index is 680. The third-order valence-corrected chi connectivity index (χ3v) is 4.99. The molecule has 1 aliphatic heterocycles. The fourth-order valence-electron chi connectivity index (χ4n) is 2.89. The van der Waals surface area contributed by atoms with E-state index in [4.69, 9.17) is 27.9 Å². The molecule has 23 heavy (non-hydrogen) atoms. The van der Waals surface area contributed by atoms with Crippen molar-refractivity contribution in [1.82, 2.24) is 14.7 Å². The van der Waals surface area contributed by atoms with E-state index in [9.17, 15) is 0 Å². The summed E-state index contributed by atoms with van der Waals surface area (Å²) in [6.07, 6.45) is 2.57. The van der Waals surface area contributed by atoms with Crippen molar-refractivity contribution in [1.29, 1.82) is 0 Å². The maximum atomic E-state index is 6.09. The van der Waals surface area contributed by atoms with Gasteiger partial charge in [0.15, 0.2) is 0 Å². The third kappa shape index (κ3) is 3.82. The molecule has 1 fully saturated rings. The molecule has 3 rings (SSSR count). The number of nitrogens with zero attached hydrogens (tertiary/aromatic N) is 3. The summed E-state index contributed by atoms with van der Waals surface area (Å²) in [4.78, 5) is 2.46. The molecule has 0 N–H and O–H groups in total. The molecule has 124 valence electrons. The average molecular weight is 354 g/mol. The first-order chi connectivity index (χ1) is 11.0. The Labute approximate surface area is 146 Å². The van der Waals surface area contributed by atoms with Gasteiger partial charge in [0.1, 0.15) is 6.61 Å². The van der Waals surface area contributed by atoms with Crippen LogP contribution in [0, 0.1) is 6.92 Å². The highest BCUT2D eigenvalue weighted by molar-refractivity contribution is 6.42.